The van der Waals surface area contributed by atoms with E-state index in [4.69, 9.17) is 0 Å². The Bertz CT molecular complexity index is 256. The molecule has 4 heteroatoms. The molecule has 1 aliphatic heterocycles. The summed E-state index contributed by atoms with van der Waals surface area (Å²) in [5.41, 5.74) is 1.05. The molecule has 1 fully saturated rings. The molecule has 1 unspecified atom stereocenters. The number of hydrogen-bond acceptors (Lipinski definition) is 4. The van der Waals surface area contributed by atoms with E-state index in [-0.39, 0.29) is 0 Å². The van der Waals surface area contributed by atoms with Gasteiger partial charge in [0, 0.05) is 25.3 Å². The van der Waals surface area contributed by atoms with Crippen LogP contribution in [0.1, 0.15) is 18.5 Å². The van der Waals surface area contributed by atoms with Crippen molar-refractivity contribution in [3.8, 4) is 0 Å². The highest BCUT2D eigenvalue weighted by molar-refractivity contribution is 4.97. The molecule has 1 aromatic rings. The molecule has 0 radical (unpaired) electrons. The van der Waals surface area contributed by atoms with E-state index < -0.39 is 0 Å². The first-order chi connectivity index (χ1) is 6.95. The summed E-state index contributed by atoms with van der Waals surface area (Å²) in [5.74, 6) is 0. The summed E-state index contributed by atoms with van der Waals surface area (Å²) in [4.78, 5) is 8.03. The standard InChI is InChI=1S/C10H16N4/c1-2-9(13-4-1)6-12-7-10-3-5-11-8-14-10/h3,5,8-9,12-13H,1-2,4,6-7H2. The maximum Gasteiger partial charge on any atom is 0.115 e. The molecular formula is C10H16N4. The summed E-state index contributed by atoms with van der Waals surface area (Å²) in [6.45, 7) is 3.03. The Morgan fingerprint density at radius 2 is 2.57 bits per heavy atom. The van der Waals surface area contributed by atoms with Crippen LogP contribution < -0.4 is 10.6 Å². The lowest BCUT2D eigenvalue weighted by Crippen LogP contribution is -2.33. The zero-order valence-corrected chi connectivity index (χ0v) is 8.24. The van der Waals surface area contributed by atoms with Crippen LogP contribution in [-0.2, 0) is 6.54 Å². The van der Waals surface area contributed by atoms with Gasteiger partial charge in [-0.2, -0.15) is 0 Å². The van der Waals surface area contributed by atoms with Gasteiger partial charge in [0.15, 0.2) is 0 Å². The highest BCUT2D eigenvalue weighted by Gasteiger charge is 2.12. The molecule has 0 amide bonds. The van der Waals surface area contributed by atoms with E-state index in [1.807, 2.05) is 6.07 Å². The fraction of sp³-hybridized carbons (Fsp3) is 0.600. The maximum atomic E-state index is 4.15. The van der Waals surface area contributed by atoms with E-state index in [0.717, 1.165) is 18.8 Å². The van der Waals surface area contributed by atoms with Crippen molar-refractivity contribution in [2.45, 2.75) is 25.4 Å². The molecule has 0 spiro atoms. The summed E-state index contributed by atoms with van der Waals surface area (Å²) in [5, 5.41) is 6.84. The minimum absolute atomic E-state index is 0.650. The minimum atomic E-state index is 0.650. The predicted octanol–water partition coefficient (Wildman–Crippen LogP) is 0.318. The zero-order valence-electron chi connectivity index (χ0n) is 8.24. The van der Waals surface area contributed by atoms with Crippen molar-refractivity contribution < 1.29 is 0 Å². The molecule has 0 bridgehead atoms. The van der Waals surface area contributed by atoms with Crippen molar-refractivity contribution in [2.24, 2.45) is 0 Å². The fourth-order valence-corrected chi connectivity index (χ4v) is 1.73. The van der Waals surface area contributed by atoms with Crippen LogP contribution in [0.25, 0.3) is 0 Å². The van der Waals surface area contributed by atoms with Gasteiger partial charge in [-0.3, -0.25) is 0 Å². The van der Waals surface area contributed by atoms with Gasteiger partial charge < -0.3 is 10.6 Å². The van der Waals surface area contributed by atoms with E-state index in [1.54, 1.807) is 12.5 Å². The largest absolute Gasteiger partial charge is 0.313 e. The van der Waals surface area contributed by atoms with Crippen LogP contribution in [-0.4, -0.2) is 29.1 Å². The summed E-state index contributed by atoms with van der Waals surface area (Å²) >= 11 is 0. The maximum absolute atomic E-state index is 4.15. The molecule has 76 valence electrons. The van der Waals surface area contributed by atoms with Crippen LogP contribution in [0.4, 0.5) is 0 Å². The van der Waals surface area contributed by atoms with Crippen molar-refractivity contribution >= 4 is 0 Å². The first kappa shape index (κ1) is 9.55. The molecule has 2 heterocycles. The monoisotopic (exact) mass is 192 g/mol. The normalized spacial score (nSPS) is 21.3. The summed E-state index contributed by atoms with van der Waals surface area (Å²) < 4.78 is 0. The number of nitrogens with one attached hydrogen (secondary N) is 2. The van der Waals surface area contributed by atoms with E-state index >= 15 is 0 Å². The van der Waals surface area contributed by atoms with Gasteiger partial charge in [0.25, 0.3) is 0 Å². The molecule has 0 saturated carbocycles. The summed E-state index contributed by atoms with van der Waals surface area (Å²) in [7, 11) is 0. The molecule has 2 rings (SSSR count). The van der Waals surface area contributed by atoms with Gasteiger partial charge in [0.1, 0.15) is 6.33 Å². The van der Waals surface area contributed by atoms with Crippen LogP contribution >= 0.6 is 0 Å². The van der Waals surface area contributed by atoms with Gasteiger partial charge in [-0.15, -0.1) is 0 Å². The number of aromatic nitrogens is 2. The van der Waals surface area contributed by atoms with Crippen molar-refractivity contribution in [1.29, 1.82) is 0 Å². The lowest BCUT2D eigenvalue weighted by molar-refractivity contribution is 0.532. The number of nitrogens with zero attached hydrogens (tertiary/aromatic N) is 2. The Labute approximate surface area is 84.2 Å². The Balaban J connectivity index is 1.67. The Kier molecular flexibility index (Phi) is 3.43. The van der Waals surface area contributed by atoms with Crippen LogP contribution in [0.3, 0.4) is 0 Å². The first-order valence-electron chi connectivity index (χ1n) is 5.14. The molecule has 1 saturated heterocycles. The van der Waals surface area contributed by atoms with Gasteiger partial charge in [0.2, 0.25) is 0 Å². The second kappa shape index (κ2) is 5.02. The predicted molar refractivity (Wildman–Crippen MR) is 54.8 cm³/mol. The average molecular weight is 192 g/mol. The summed E-state index contributed by atoms with van der Waals surface area (Å²) in [6, 6.07) is 2.59. The Morgan fingerprint density at radius 1 is 1.57 bits per heavy atom. The molecule has 1 atom stereocenters. The molecule has 0 aromatic carbocycles. The molecule has 14 heavy (non-hydrogen) atoms. The first-order valence-corrected chi connectivity index (χ1v) is 5.14. The Hall–Kier alpha value is -1.00. The SMILES string of the molecule is c1cc(CNCC2CCCN2)ncn1. The minimum Gasteiger partial charge on any atom is -0.313 e. The second-order valence-corrected chi connectivity index (χ2v) is 3.62. The number of hydrogen-bond donors (Lipinski definition) is 2. The van der Waals surface area contributed by atoms with Gasteiger partial charge in [-0.1, -0.05) is 0 Å². The van der Waals surface area contributed by atoms with E-state index in [0.29, 0.717) is 6.04 Å². The molecular weight excluding hydrogens is 176 g/mol. The van der Waals surface area contributed by atoms with Crippen LogP contribution in [0.15, 0.2) is 18.6 Å². The van der Waals surface area contributed by atoms with Crippen molar-refractivity contribution in [3.63, 3.8) is 0 Å². The van der Waals surface area contributed by atoms with Crippen LogP contribution in [0, 0.1) is 0 Å². The van der Waals surface area contributed by atoms with E-state index in [2.05, 4.69) is 20.6 Å². The van der Waals surface area contributed by atoms with E-state index in [9.17, 15) is 0 Å². The van der Waals surface area contributed by atoms with Gasteiger partial charge in [-0.05, 0) is 25.5 Å². The molecule has 1 aliphatic rings. The molecule has 2 N–H and O–H groups in total. The van der Waals surface area contributed by atoms with Gasteiger partial charge in [0.05, 0.1) is 5.69 Å². The third kappa shape index (κ3) is 2.75. The Morgan fingerprint density at radius 3 is 3.29 bits per heavy atom. The quantitative estimate of drug-likeness (QED) is 0.721. The average Bonchev–Trinajstić information content (AvgIpc) is 2.72. The van der Waals surface area contributed by atoms with Crippen molar-refractivity contribution in [3.05, 3.63) is 24.3 Å². The van der Waals surface area contributed by atoms with Crippen LogP contribution in [0.5, 0.6) is 0 Å². The molecule has 4 nitrogen and oxygen atoms in total. The highest BCUT2D eigenvalue weighted by atomic mass is 15.0. The number of rotatable bonds is 4. The topological polar surface area (TPSA) is 49.8 Å². The van der Waals surface area contributed by atoms with Gasteiger partial charge in [-0.25, -0.2) is 9.97 Å². The third-order valence-electron chi connectivity index (χ3n) is 2.50. The second-order valence-electron chi connectivity index (χ2n) is 3.62. The van der Waals surface area contributed by atoms with Crippen LogP contribution in [0.2, 0.25) is 0 Å². The lowest BCUT2D eigenvalue weighted by atomic mass is 10.2. The fourth-order valence-electron chi connectivity index (χ4n) is 1.73. The highest BCUT2D eigenvalue weighted by Crippen LogP contribution is 2.03. The molecule has 1 aromatic heterocycles. The smallest absolute Gasteiger partial charge is 0.115 e. The van der Waals surface area contributed by atoms with Crippen molar-refractivity contribution in [1.82, 2.24) is 20.6 Å². The van der Waals surface area contributed by atoms with E-state index in [1.165, 1.54) is 19.4 Å². The van der Waals surface area contributed by atoms with Crippen molar-refractivity contribution in [2.75, 3.05) is 13.1 Å². The zero-order chi connectivity index (χ0) is 9.64. The molecule has 0 aliphatic carbocycles. The third-order valence-corrected chi connectivity index (χ3v) is 2.50. The lowest BCUT2D eigenvalue weighted by Gasteiger charge is -2.10. The summed E-state index contributed by atoms with van der Waals surface area (Å²) in [6.07, 6.45) is 5.96. The van der Waals surface area contributed by atoms with Gasteiger partial charge >= 0.3 is 0 Å².